The van der Waals surface area contributed by atoms with Gasteiger partial charge in [-0.2, -0.15) is 0 Å². The highest BCUT2D eigenvalue weighted by atomic mass is 16.4. The summed E-state index contributed by atoms with van der Waals surface area (Å²) in [6, 6.07) is 2.78. The van der Waals surface area contributed by atoms with Gasteiger partial charge in [-0.1, -0.05) is 12.8 Å². The first-order valence-electron chi connectivity index (χ1n) is 7.78. The predicted molar refractivity (Wildman–Crippen MR) is 79.8 cm³/mol. The lowest BCUT2D eigenvalue weighted by molar-refractivity contribution is -0.163. The van der Waals surface area contributed by atoms with Gasteiger partial charge in [0.2, 0.25) is 0 Å². The van der Waals surface area contributed by atoms with E-state index in [9.17, 15) is 24.9 Å². The van der Waals surface area contributed by atoms with Crippen molar-refractivity contribution in [2.45, 2.75) is 31.8 Å². The van der Waals surface area contributed by atoms with Crippen LogP contribution >= 0.6 is 0 Å². The van der Waals surface area contributed by atoms with Crippen LogP contribution in [0, 0.1) is 11.3 Å². The van der Waals surface area contributed by atoms with Crippen LogP contribution in [0.15, 0.2) is 18.3 Å². The maximum absolute atomic E-state index is 12.5. The largest absolute Gasteiger partial charge is 0.506 e. The van der Waals surface area contributed by atoms with Crippen LogP contribution in [-0.2, 0) is 4.79 Å². The smallest absolute Gasteiger partial charge is 0.314 e. The van der Waals surface area contributed by atoms with Crippen LogP contribution in [-0.4, -0.2) is 56.3 Å². The van der Waals surface area contributed by atoms with E-state index in [-0.39, 0.29) is 30.3 Å². The average molecular weight is 320 g/mol. The standard InChI is InChI=1S/C16H20N2O5/c19-11-3-4-12(17-8-11)14(21)18-6-5-13(20)16(9-18,15(22)23)7-10-1-2-10/h3-4,8,10,13,19-20H,1-2,5-7,9H2,(H,22,23)/t13-,16-/m1/s1. The number of aliphatic hydroxyl groups excluding tert-OH is 1. The molecule has 2 fully saturated rings. The fourth-order valence-electron chi connectivity index (χ4n) is 3.26. The fourth-order valence-corrected chi connectivity index (χ4v) is 3.26. The van der Waals surface area contributed by atoms with Gasteiger partial charge in [0, 0.05) is 13.1 Å². The molecule has 1 aromatic heterocycles. The molecule has 7 nitrogen and oxygen atoms in total. The van der Waals surface area contributed by atoms with Gasteiger partial charge in [-0.05, 0) is 30.9 Å². The summed E-state index contributed by atoms with van der Waals surface area (Å²) >= 11 is 0. The van der Waals surface area contributed by atoms with Crippen LogP contribution < -0.4 is 0 Å². The molecule has 0 aromatic carbocycles. The van der Waals surface area contributed by atoms with E-state index in [2.05, 4.69) is 4.98 Å². The Morgan fingerprint density at radius 1 is 1.30 bits per heavy atom. The minimum absolute atomic E-state index is 0.0125. The number of pyridine rings is 1. The second kappa shape index (κ2) is 5.81. The molecule has 1 aromatic rings. The molecule has 2 aliphatic rings. The Balaban J connectivity index is 1.82. The molecule has 2 heterocycles. The third-order valence-electron chi connectivity index (χ3n) is 4.81. The number of piperidine rings is 1. The average Bonchev–Trinajstić information content (AvgIpc) is 3.33. The van der Waals surface area contributed by atoms with E-state index in [1.165, 1.54) is 23.2 Å². The number of carboxylic acid groups (broad SMARTS) is 1. The maximum atomic E-state index is 12.5. The lowest BCUT2D eigenvalue weighted by atomic mass is 9.73. The van der Waals surface area contributed by atoms with Gasteiger partial charge < -0.3 is 20.2 Å². The van der Waals surface area contributed by atoms with Crippen molar-refractivity contribution in [1.82, 2.24) is 9.88 Å². The highest BCUT2D eigenvalue weighted by Gasteiger charge is 2.52. The number of nitrogens with zero attached hydrogens (tertiary/aromatic N) is 2. The van der Waals surface area contributed by atoms with Gasteiger partial charge in [-0.15, -0.1) is 0 Å². The second-order valence-corrected chi connectivity index (χ2v) is 6.54. The van der Waals surface area contributed by atoms with Gasteiger partial charge in [-0.25, -0.2) is 4.98 Å². The number of carbonyl (C=O) groups excluding carboxylic acids is 1. The molecule has 1 amide bonds. The second-order valence-electron chi connectivity index (χ2n) is 6.54. The number of aromatic hydroxyl groups is 1. The van der Waals surface area contributed by atoms with E-state index >= 15 is 0 Å². The van der Waals surface area contributed by atoms with Crippen molar-refractivity contribution in [3.63, 3.8) is 0 Å². The van der Waals surface area contributed by atoms with Crippen LogP contribution in [0.4, 0.5) is 0 Å². The number of amides is 1. The molecule has 23 heavy (non-hydrogen) atoms. The van der Waals surface area contributed by atoms with Crippen molar-refractivity contribution in [3.05, 3.63) is 24.0 Å². The summed E-state index contributed by atoms with van der Waals surface area (Å²) in [5, 5.41) is 29.2. The van der Waals surface area contributed by atoms with E-state index in [1.54, 1.807) is 0 Å². The van der Waals surface area contributed by atoms with E-state index in [4.69, 9.17) is 0 Å². The van der Waals surface area contributed by atoms with E-state index in [0.717, 1.165) is 12.8 Å². The summed E-state index contributed by atoms with van der Waals surface area (Å²) in [7, 11) is 0. The zero-order valence-corrected chi connectivity index (χ0v) is 12.7. The Labute approximate surface area is 133 Å². The SMILES string of the molecule is O=C(c1ccc(O)cn1)N1CC[C@@H](O)[C@](CC2CC2)(C(=O)O)C1. The number of hydrogen-bond donors (Lipinski definition) is 3. The van der Waals surface area contributed by atoms with Gasteiger partial charge in [0.15, 0.2) is 0 Å². The van der Waals surface area contributed by atoms with Crippen LogP contribution in [0.25, 0.3) is 0 Å². The van der Waals surface area contributed by atoms with Crippen LogP contribution in [0.2, 0.25) is 0 Å². The molecule has 1 aliphatic carbocycles. The van der Waals surface area contributed by atoms with Crippen LogP contribution in [0.3, 0.4) is 0 Å². The molecule has 3 N–H and O–H groups in total. The monoisotopic (exact) mass is 320 g/mol. The molecule has 7 heteroatoms. The van der Waals surface area contributed by atoms with Gasteiger partial charge >= 0.3 is 5.97 Å². The first-order chi connectivity index (χ1) is 10.9. The Kier molecular flexibility index (Phi) is 3.97. The molecule has 1 aliphatic heterocycles. The molecule has 3 rings (SSSR count). The van der Waals surface area contributed by atoms with Gasteiger partial charge in [0.25, 0.3) is 5.91 Å². The first-order valence-corrected chi connectivity index (χ1v) is 7.78. The number of likely N-dealkylation sites (tertiary alicyclic amines) is 1. The molecular weight excluding hydrogens is 300 g/mol. The van der Waals surface area contributed by atoms with Crippen molar-refractivity contribution in [1.29, 1.82) is 0 Å². The van der Waals surface area contributed by atoms with Crippen LogP contribution in [0.5, 0.6) is 5.75 Å². The quantitative estimate of drug-likeness (QED) is 0.759. The Morgan fingerprint density at radius 3 is 2.61 bits per heavy atom. The summed E-state index contributed by atoms with van der Waals surface area (Å²) < 4.78 is 0. The van der Waals surface area contributed by atoms with Crippen molar-refractivity contribution >= 4 is 11.9 Å². The Hall–Kier alpha value is -2.15. The lowest BCUT2D eigenvalue weighted by Gasteiger charge is -2.43. The minimum atomic E-state index is -1.30. The summed E-state index contributed by atoms with van der Waals surface area (Å²) in [4.78, 5) is 29.7. The summed E-state index contributed by atoms with van der Waals surface area (Å²) in [6.45, 7) is 0.281. The molecule has 2 atom stereocenters. The zero-order chi connectivity index (χ0) is 16.6. The first kappa shape index (κ1) is 15.7. The molecule has 1 saturated carbocycles. The predicted octanol–water partition coefficient (Wildman–Crippen LogP) is 0.865. The maximum Gasteiger partial charge on any atom is 0.314 e. The lowest BCUT2D eigenvalue weighted by Crippen LogP contribution is -2.57. The number of rotatable bonds is 4. The molecule has 0 spiro atoms. The van der Waals surface area contributed by atoms with E-state index in [0.29, 0.717) is 18.9 Å². The highest BCUT2D eigenvalue weighted by Crippen LogP contribution is 2.45. The van der Waals surface area contributed by atoms with Crippen molar-refractivity contribution < 1.29 is 24.9 Å². The number of carboxylic acids is 1. The topological polar surface area (TPSA) is 111 Å². The van der Waals surface area contributed by atoms with Gasteiger partial charge in [-0.3, -0.25) is 9.59 Å². The Bertz CT molecular complexity index is 613. The fraction of sp³-hybridized carbons (Fsp3) is 0.562. The highest BCUT2D eigenvalue weighted by molar-refractivity contribution is 5.93. The zero-order valence-electron chi connectivity index (χ0n) is 12.7. The normalized spacial score (nSPS) is 27.7. The molecule has 0 bridgehead atoms. The number of carbonyl (C=O) groups is 2. The van der Waals surface area contributed by atoms with Crippen molar-refractivity contribution in [3.8, 4) is 5.75 Å². The molecule has 0 radical (unpaired) electrons. The Morgan fingerprint density at radius 2 is 2.04 bits per heavy atom. The minimum Gasteiger partial charge on any atom is -0.506 e. The summed E-state index contributed by atoms with van der Waals surface area (Å²) in [5.74, 6) is -1.14. The van der Waals surface area contributed by atoms with E-state index in [1.807, 2.05) is 0 Å². The molecule has 124 valence electrons. The number of hydrogen-bond acceptors (Lipinski definition) is 5. The third-order valence-corrected chi connectivity index (χ3v) is 4.81. The third kappa shape index (κ3) is 3.01. The molecular formula is C16H20N2O5. The van der Waals surface area contributed by atoms with Crippen LogP contribution in [0.1, 0.15) is 36.2 Å². The van der Waals surface area contributed by atoms with Crippen molar-refractivity contribution in [2.24, 2.45) is 11.3 Å². The molecule has 0 unspecified atom stereocenters. The van der Waals surface area contributed by atoms with Gasteiger partial charge in [0.1, 0.15) is 16.9 Å². The van der Waals surface area contributed by atoms with E-state index < -0.39 is 17.5 Å². The number of aromatic nitrogens is 1. The number of aliphatic carboxylic acids is 1. The summed E-state index contributed by atoms with van der Waals surface area (Å²) in [5.41, 5.74) is -1.14. The number of aliphatic hydroxyl groups is 1. The summed E-state index contributed by atoms with van der Waals surface area (Å²) in [6.07, 6.45) is 2.84. The van der Waals surface area contributed by atoms with Gasteiger partial charge in [0.05, 0.1) is 12.3 Å². The molecule has 1 saturated heterocycles. The van der Waals surface area contributed by atoms with Crippen molar-refractivity contribution in [2.75, 3.05) is 13.1 Å².